The van der Waals surface area contributed by atoms with Crippen LogP contribution in [0.5, 0.6) is 0 Å². The van der Waals surface area contributed by atoms with Crippen molar-refractivity contribution in [2.24, 2.45) is 0 Å². The highest BCUT2D eigenvalue weighted by Gasteiger charge is 2.27. The third kappa shape index (κ3) is 3.65. The van der Waals surface area contributed by atoms with Crippen LogP contribution in [0.4, 0.5) is 0 Å². The Morgan fingerprint density at radius 1 is 1.29 bits per heavy atom. The van der Waals surface area contributed by atoms with E-state index in [0.717, 1.165) is 25.1 Å². The van der Waals surface area contributed by atoms with Gasteiger partial charge in [0.1, 0.15) is 10.0 Å². The Morgan fingerprint density at radius 3 is 3.00 bits per heavy atom. The van der Waals surface area contributed by atoms with Crippen LogP contribution in [-0.2, 0) is 6.42 Å². The first-order valence-corrected chi connectivity index (χ1v) is 9.31. The van der Waals surface area contributed by atoms with Crippen LogP contribution in [0.1, 0.15) is 41.8 Å². The Morgan fingerprint density at radius 2 is 2.14 bits per heavy atom. The molecule has 1 aromatic carbocycles. The number of aryl methyl sites for hydroxylation is 1. The molecule has 1 unspecified atom stereocenters. The van der Waals surface area contributed by atoms with Gasteiger partial charge in [0.05, 0.1) is 0 Å². The summed E-state index contributed by atoms with van der Waals surface area (Å²) in [5.41, 5.74) is 1.42. The summed E-state index contributed by atoms with van der Waals surface area (Å²) in [4.78, 5) is 1.40. The maximum atomic E-state index is 4.45. The Bertz CT molecular complexity index is 595. The van der Waals surface area contributed by atoms with Crippen molar-refractivity contribution in [3.63, 3.8) is 0 Å². The highest BCUT2D eigenvalue weighted by molar-refractivity contribution is 7.99. The molecule has 2 aromatic rings. The van der Waals surface area contributed by atoms with Crippen molar-refractivity contribution in [3.8, 4) is 0 Å². The molecule has 1 N–H and O–H groups in total. The van der Waals surface area contributed by atoms with Crippen LogP contribution < -0.4 is 5.32 Å². The van der Waals surface area contributed by atoms with E-state index >= 15 is 0 Å². The zero-order valence-corrected chi connectivity index (χ0v) is 14.1. The normalized spacial score (nSPS) is 17.4. The van der Waals surface area contributed by atoms with Crippen molar-refractivity contribution >= 4 is 23.1 Å². The van der Waals surface area contributed by atoms with Gasteiger partial charge in [-0.2, -0.15) is 0 Å². The molecule has 0 fully saturated rings. The average molecular weight is 319 g/mol. The van der Waals surface area contributed by atoms with E-state index in [1.54, 1.807) is 11.3 Å². The molecular weight excluding hydrogens is 298 g/mol. The summed E-state index contributed by atoms with van der Waals surface area (Å²) >= 11 is 3.72. The topological polar surface area (TPSA) is 37.8 Å². The predicted octanol–water partition coefficient (Wildman–Crippen LogP) is 3.71. The largest absolute Gasteiger partial charge is 0.315 e. The fourth-order valence-electron chi connectivity index (χ4n) is 2.51. The smallest absolute Gasteiger partial charge is 0.125 e. The van der Waals surface area contributed by atoms with Gasteiger partial charge in [0.25, 0.3) is 0 Å². The molecule has 1 aliphatic rings. The molecule has 0 radical (unpaired) electrons. The summed E-state index contributed by atoms with van der Waals surface area (Å²) in [6.07, 6.45) is 2.15. The summed E-state index contributed by atoms with van der Waals surface area (Å²) in [6, 6.07) is 9.23. The van der Waals surface area contributed by atoms with Crippen molar-refractivity contribution in [2.45, 2.75) is 43.5 Å². The van der Waals surface area contributed by atoms with Gasteiger partial charge in [-0.15, -0.1) is 33.3 Å². The lowest BCUT2D eigenvalue weighted by atomic mass is 10.0. The second-order valence-electron chi connectivity index (χ2n) is 5.65. The van der Waals surface area contributed by atoms with E-state index in [2.05, 4.69) is 53.6 Å². The monoisotopic (exact) mass is 319 g/mol. The van der Waals surface area contributed by atoms with Gasteiger partial charge in [0.15, 0.2) is 0 Å². The van der Waals surface area contributed by atoms with Crippen molar-refractivity contribution in [1.29, 1.82) is 0 Å². The van der Waals surface area contributed by atoms with Gasteiger partial charge < -0.3 is 5.32 Å². The molecule has 3 nitrogen and oxygen atoms in total. The molecule has 1 aliphatic heterocycles. The van der Waals surface area contributed by atoms with E-state index < -0.39 is 0 Å². The zero-order chi connectivity index (χ0) is 14.7. The molecule has 0 amide bonds. The highest BCUT2D eigenvalue weighted by Crippen LogP contribution is 2.43. The van der Waals surface area contributed by atoms with Crippen LogP contribution in [0.3, 0.4) is 0 Å². The first kappa shape index (κ1) is 15.0. The number of hydrogen-bond acceptors (Lipinski definition) is 5. The molecule has 1 aromatic heterocycles. The van der Waals surface area contributed by atoms with Gasteiger partial charge in [-0.05, 0) is 24.6 Å². The Hall–Kier alpha value is -0.910. The summed E-state index contributed by atoms with van der Waals surface area (Å²) in [5.74, 6) is 1.54. The van der Waals surface area contributed by atoms with Crippen molar-refractivity contribution in [3.05, 3.63) is 39.8 Å². The molecule has 5 heteroatoms. The van der Waals surface area contributed by atoms with Crippen molar-refractivity contribution in [2.75, 3.05) is 12.3 Å². The summed E-state index contributed by atoms with van der Waals surface area (Å²) in [6.45, 7) is 5.41. The van der Waals surface area contributed by atoms with Crippen LogP contribution in [-0.4, -0.2) is 28.5 Å². The van der Waals surface area contributed by atoms with Gasteiger partial charge in [-0.1, -0.05) is 32.0 Å². The zero-order valence-electron chi connectivity index (χ0n) is 12.5. The molecule has 0 aliphatic carbocycles. The van der Waals surface area contributed by atoms with Gasteiger partial charge >= 0.3 is 0 Å². The molecule has 0 spiro atoms. The minimum absolute atomic E-state index is 0.436. The number of benzene rings is 1. The maximum Gasteiger partial charge on any atom is 0.125 e. The van der Waals surface area contributed by atoms with Crippen molar-refractivity contribution < 1.29 is 0 Å². The van der Waals surface area contributed by atoms with Gasteiger partial charge in [-0.3, -0.25) is 0 Å². The molecule has 1 atom stereocenters. The van der Waals surface area contributed by atoms with Crippen LogP contribution >= 0.6 is 23.1 Å². The molecule has 0 saturated carbocycles. The van der Waals surface area contributed by atoms with E-state index in [1.165, 1.54) is 20.5 Å². The van der Waals surface area contributed by atoms with Crippen molar-refractivity contribution in [1.82, 2.24) is 15.5 Å². The van der Waals surface area contributed by atoms with Gasteiger partial charge in [-0.25, -0.2) is 0 Å². The third-order valence-electron chi connectivity index (χ3n) is 3.60. The number of nitrogens with zero attached hydrogens (tertiary/aromatic N) is 2. The lowest BCUT2D eigenvalue weighted by Crippen LogP contribution is -2.23. The number of aromatic nitrogens is 2. The lowest BCUT2D eigenvalue weighted by molar-refractivity contribution is 0.569. The minimum Gasteiger partial charge on any atom is -0.315 e. The van der Waals surface area contributed by atoms with Crippen LogP contribution in [0.2, 0.25) is 0 Å². The fourth-order valence-corrected chi connectivity index (χ4v) is 4.85. The molecule has 3 rings (SSSR count). The number of fused-ring (bicyclic) bond motifs is 1. The van der Waals surface area contributed by atoms with Crippen LogP contribution in [0.15, 0.2) is 29.2 Å². The standard InChI is InChI=1S/C16H21N3S2/c1-11(2)17-9-5-8-15-18-19-16(21-15)13-10-20-14-7-4-3-6-12(13)14/h3-4,6-7,11,13,17H,5,8-10H2,1-2H3. The van der Waals surface area contributed by atoms with Crippen LogP contribution in [0.25, 0.3) is 0 Å². The molecular formula is C16H21N3S2. The SMILES string of the molecule is CC(C)NCCCc1nnc(C2CSc3ccccc32)s1. The molecule has 0 bridgehead atoms. The quantitative estimate of drug-likeness (QED) is 0.824. The molecule has 112 valence electrons. The second-order valence-corrected chi connectivity index (χ2v) is 7.80. The van der Waals surface area contributed by atoms with E-state index in [4.69, 9.17) is 0 Å². The first-order valence-electron chi connectivity index (χ1n) is 7.51. The minimum atomic E-state index is 0.436. The lowest BCUT2D eigenvalue weighted by Gasteiger charge is -2.06. The number of thioether (sulfide) groups is 1. The third-order valence-corrected chi connectivity index (χ3v) is 5.88. The Kier molecular flexibility index (Phi) is 4.93. The summed E-state index contributed by atoms with van der Waals surface area (Å²) in [5, 5.41) is 14.6. The number of hydrogen-bond donors (Lipinski definition) is 1. The first-order chi connectivity index (χ1) is 10.2. The van der Waals surface area contributed by atoms with E-state index in [0.29, 0.717) is 12.0 Å². The summed E-state index contributed by atoms with van der Waals surface area (Å²) in [7, 11) is 0. The molecule has 0 saturated heterocycles. The average Bonchev–Trinajstić information content (AvgIpc) is 3.09. The van der Waals surface area contributed by atoms with E-state index in [-0.39, 0.29) is 0 Å². The van der Waals surface area contributed by atoms with Gasteiger partial charge in [0.2, 0.25) is 0 Å². The molecule has 2 heterocycles. The predicted molar refractivity (Wildman–Crippen MR) is 90.4 cm³/mol. The van der Waals surface area contributed by atoms with Crippen LogP contribution in [0, 0.1) is 0 Å². The maximum absolute atomic E-state index is 4.45. The fraction of sp³-hybridized carbons (Fsp3) is 0.500. The Labute approximate surface area is 134 Å². The molecule has 21 heavy (non-hydrogen) atoms. The Balaban J connectivity index is 1.61. The van der Waals surface area contributed by atoms with E-state index in [9.17, 15) is 0 Å². The number of rotatable bonds is 6. The van der Waals surface area contributed by atoms with Gasteiger partial charge in [0, 0.05) is 29.0 Å². The van der Waals surface area contributed by atoms with E-state index in [1.807, 2.05) is 11.8 Å². The summed E-state index contributed by atoms with van der Waals surface area (Å²) < 4.78 is 0. The highest BCUT2D eigenvalue weighted by atomic mass is 32.2. The second kappa shape index (κ2) is 6.90. The number of nitrogens with one attached hydrogen (secondary N) is 1.